The number of aryl methyl sites for hydroxylation is 1. The monoisotopic (exact) mass is 441 g/mol. The van der Waals surface area contributed by atoms with Crippen molar-refractivity contribution in [3.8, 4) is 0 Å². The van der Waals surface area contributed by atoms with E-state index >= 15 is 0 Å². The normalized spacial score (nSPS) is 13.7. The molecule has 1 aliphatic heterocycles. The Bertz CT molecular complexity index is 1090. The van der Waals surface area contributed by atoms with Crippen LogP contribution in [-0.4, -0.2) is 42.2 Å². The van der Waals surface area contributed by atoms with Gasteiger partial charge in [-0.2, -0.15) is 4.98 Å². The van der Waals surface area contributed by atoms with E-state index in [1.54, 1.807) is 12.1 Å². The van der Waals surface area contributed by atoms with E-state index < -0.39 is 11.7 Å². The highest BCUT2D eigenvalue weighted by atomic mass is 35.5. The van der Waals surface area contributed by atoms with Gasteiger partial charge in [0.05, 0.1) is 23.8 Å². The fraction of sp³-hybridized carbons (Fsp3) is 0.227. The number of aromatic nitrogens is 2. The molecule has 2 aromatic carbocycles. The molecule has 160 valence electrons. The van der Waals surface area contributed by atoms with E-state index in [0.29, 0.717) is 30.7 Å². The third-order valence-electron chi connectivity index (χ3n) is 4.73. The Morgan fingerprint density at radius 2 is 1.77 bits per heavy atom. The lowest BCUT2D eigenvalue weighted by Crippen LogP contribution is -2.37. The van der Waals surface area contributed by atoms with Crippen LogP contribution in [-0.2, 0) is 4.74 Å². The van der Waals surface area contributed by atoms with Crippen LogP contribution in [0.2, 0.25) is 5.02 Å². The first-order chi connectivity index (χ1) is 15.0. The van der Waals surface area contributed by atoms with Crippen molar-refractivity contribution in [2.45, 2.75) is 6.92 Å². The van der Waals surface area contributed by atoms with E-state index in [1.807, 2.05) is 25.1 Å². The Hall–Kier alpha value is -3.23. The fourth-order valence-electron chi connectivity index (χ4n) is 3.18. The number of carbonyl (C=O) groups is 1. The molecule has 9 heteroatoms. The minimum absolute atomic E-state index is 0.0611. The Kier molecular flexibility index (Phi) is 6.29. The zero-order valence-electron chi connectivity index (χ0n) is 16.9. The van der Waals surface area contributed by atoms with Gasteiger partial charge in [-0.25, -0.2) is 9.37 Å². The fourth-order valence-corrected chi connectivity index (χ4v) is 3.43. The molecule has 2 heterocycles. The van der Waals surface area contributed by atoms with Gasteiger partial charge in [0.25, 0.3) is 5.91 Å². The smallest absolute Gasteiger partial charge is 0.257 e. The van der Waals surface area contributed by atoms with Crippen LogP contribution in [0.25, 0.3) is 0 Å². The Morgan fingerprint density at radius 3 is 2.48 bits per heavy atom. The van der Waals surface area contributed by atoms with Crippen LogP contribution in [0.5, 0.6) is 0 Å². The van der Waals surface area contributed by atoms with Crippen LogP contribution >= 0.6 is 11.6 Å². The summed E-state index contributed by atoms with van der Waals surface area (Å²) in [5.74, 6) is 0.454. The number of hydrogen-bond donors (Lipinski definition) is 2. The number of nitrogens with one attached hydrogen (secondary N) is 2. The number of morpholine rings is 1. The van der Waals surface area contributed by atoms with E-state index in [-0.39, 0.29) is 10.6 Å². The summed E-state index contributed by atoms with van der Waals surface area (Å²) >= 11 is 5.95. The van der Waals surface area contributed by atoms with E-state index in [4.69, 9.17) is 16.3 Å². The van der Waals surface area contributed by atoms with E-state index in [2.05, 4.69) is 25.5 Å². The van der Waals surface area contributed by atoms with Gasteiger partial charge in [0.2, 0.25) is 5.95 Å². The van der Waals surface area contributed by atoms with Gasteiger partial charge in [-0.15, -0.1) is 0 Å². The lowest BCUT2D eigenvalue weighted by atomic mass is 10.2. The van der Waals surface area contributed by atoms with E-state index in [1.165, 1.54) is 12.1 Å². The summed E-state index contributed by atoms with van der Waals surface area (Å²) in [6, 6.07) is 12.7. The van der Waals surface area contributed by atoms with Crippen molar-refractivity contribution in [3.05, 3.63) is 70.6 Å². The number of anilines is 4. The average molecular weight is 442 g/mol. The molecular weight excluding hydrogens is 421 g/mol. The summed E-state index contributed by atoms with van der Waals surface area (Å²) in [5.41, 5.74) is 2.46. The molecule has 0 atom stereocenters. The number of amides is 1. The first-order valence-corrected chi connectivity index (χ1v) is 10.2. The summed E-state index contributed by atoms with van der Waals surface area (Å²) in [4.78, 5) is 23.6. The number of ether oxygens (including phenoxy) is 1. The summed E-state index contributed by atoms with van der Waals surface area (Å²) in [7, 11) is 0. The molecule has 0 unspecified atom stereocenters. The highest BCUT2D eigenvalue weighted by molar-refractivity contribution is 6.34. The zero-order chi connectivity index (χ0) is 21.8. The lowest BCUT2D eigenvalue weighted by Gasteiger charge is -2.27. The van der Waals surface area contributed by atoms with Crippen LogP contribution in [0, 0.1) is 12.7 Å². The minimum Gasteiger partial charge on any atom is -0.378 e. The molecule has 1 fully saturated rings. The molecule has 0 saturated carbocycles. The molecule has 1 aromatic heterocycles. The van der Waals surface area contributed by atoms with Crippen molar-refractivity contribution in [1.29, 1.82) is 0 Å². The van der Waals surface area contributed by atoms with Crippen LogP contribution < -0.4 is 15.5 Å². The summed E-state index contributed by atoms with van der Waals surface area (Å²) in [5, 5.41) is 6.08. The molecule has 4 rings (SSSR count). The van der Waals surface area contributed by atoms with Crippen LogP contribution in [0.1, 0.15) is 16.1 Å². The van der Waals surface area contributed by atoms with Crippen molar-refractivity contribution in [2.24, 2.45) is 0 Å². The van der Waals surface area contributed by atoms with Gasteiger partial charge < -0.3 is 20.3 Å². The largest absolute Gasteiger partial charge is 0.378 e. The second-order valence-corrected chi connectivity index (χ2v) is 7.48. The van der Waals surface area contributed by atoms with Gasteiger partial charge in [0, 0.05) is 36.2 Å². The third kappa shape index (κ3) is 5.28. The van der Waals surface area contributed by atoms with Crippen molar-refractivity contribution in [3.63, 3.8) is 0 Å². The Labute approximate surface area is 184 Å². The van der Waals surface area contributed by atoms with Gasteiger partial charge in [-0.3, -0.25) is 4.79 Å². The second kappa shape index (κ2) is 9.28. The SMILES string of the molecule is Cc1cc(Nc2ccc(NC(=O)c3ccc(F)cc3Cl)cc2)nc(N2CCOCC2)n1. The van der Waals surface area contributed by atoms with Crippen molar-refractivity contribution in [1.82, 2.24) is 9.97 Å². The van der Waals surface area contributed by atoms with Crippen molar-refractivity contribution >= 4 is 40.6 Å². The molecule has 2 N–H and O–H groups in total. The maximum absolute atomic E-state index is 13.2. The van der Waals surface area contributed by atoms with Crippen molar-refractivity contribution in [2.75, 3.05) is 41.8 Å². The number of hydrogen-bond acceptors (Lipinski definition) is 6. The van der Waals surface area contributed by atoms with Gasteiger partial charge in [0.1, 0.15) is 11.6 Å². The molecule has 1 aliphatic rings. The van der Waals surface area contributed by atoms with E-state index in [0.717, 1.165) is 30.5 Å². The van der Waals surface area contributed by atoms with Crippen LogP contribution in [0.15, 0.2) is 48.5 Å². The molecule has 31 heavy (non-hydrogen) atoms. The Morgan fingerprint density at radius 1 is 1.06 bits per heavy atom. The molecule has 3 aromatic rings. The molecule has 0 aliphatic carbocycles. The summed E-state index contributed by atoms with van der Waals surface area (Å²) < 4.78 is 18.6. The predicted octanol–water partition coefficient (Wildman–Crippen LogP) is 4.41. The minimum atomic E-state index is -0.492. The maximum atomic E-state index is 13.2. The summed E-state index contributed by atoms with van der Waals surface area (Å²) in [6.45, 7) is 4.77. The standard InChI is InChI=1S/C22H21ClFN5O2/c1-14-12-20(28-22(25-14)29-8-10-31-11-9-29)26-16-3-5-17(6-4-16)27-21(30)18-7-2-15(24)13-19(18)23/h2-7,12-13H,8-11H2,1H3,(H,27,30)(H,25,26,28). The van der Waals surface area contributed by atoms with Crippen LogP contribution in [0.3, 0.4) is 0 Å². The molecule has 0 radical (unpaired) electrons. The van der Waals surface area contributed by atoms with Crippen molar-refractivity contribution < 1.29 is 13.9 Å². The molecule has 0 spiro atoms. The number of benzene rings is 2. The topological polar surface area (TPSA) is 79.4 Å². The van der Waals surface area contributed by atoms with Gasteiger partial charge in [-0.05, 0) is 49.4 Å². The van der Waals surface area contributed by atoms with E-state index in [9.17, 15) is 9.18 Å². The molecular formula is C22H21ClFN5O2. The highest BCUT2D eigenvalue weighted by Crippen LogP contribution is 2.22. The number of carbonyl (C=O) groups excluding carboxylic acids is 1. The van der Waals surface area contributed by atoms with Gasteiger partial charge >= 0.3 is 0 Å². The quantitative estimate of drug-likeness (QED) is 0.610. The van der Waals surface area contributed by atoms with Gasteiger partial charge in [-0.1, -0.05) is 11.6 Å². The summed E-state index contributed by atoms with van der Waals surface area (Å²) in [6.07, 6.45) is 0. The maximum Gasteiger partial charge on any atom is 0.257 e. The van der Waals surface area contributed by atoms with Crippen LogP contribution in [0.4, 0.5) is 27.5 Å². The first-order valence-electron chi connectivity index (χ1n) is 9.80. The highest BCUT2D eigenvalue weighted by Gasteiger charge is 2.15. The third-order valence-corrected chi connectivity index (χ3v) is 5.04. The lowest BCUT2D eigenvalue weighted by molar-refractivity contribution is 0.102. The molecule has 1 saturated heterocycles. The van der Waals surface area contributed by atoms with Gasteiger partial charge in [0.15, 0.2) is 0 Å². The average Bonchev–Trinajstić information content (AvgIpc) is 2.75. The second-order valence-electron chi connectivity index (χ2n) is 7.07. The number of nitrogens with zero attached hydrogens (tertiary/aromatic N) is 3. The number of halogens is 2. The first kappa shape index (κ1) is 21.0. The molecule has 1 amide bonds. The predicted molar refractivity (Wildman–Crippen MR) is 119 cm³/mol. The molecule has 7 nitrogen and oxygen atoms in total. The number of rotatable bonds is 5. The Balaban J connectivity index is 1.44. The molecule has 0 bridgehead atoms. The zero-order valence-corrected chi connectivity index (χ0v) is 17.6.